The van der Waals surface area contributed by atoms with Gasteiger partial charge in [0.1, 0.15) is 18.5 Å². The minimum atomic E-state index is 0.620. The topological polar surface area (TPSA) is 74.3 Å². The molecule has 5 aromatic rings. The molecule has 4 aromatic heterocycles. The van der Waals surface area contributed by atoms with E-state index in [1.165, 1.54) is 6.33 Å². The van der Waals surface area contributed by atoms with Crippen LogP contribution in [0, 0.1) is 0 Å². The molecule has 130 valence electrons. The molecule has 0 amide bonds. The van der Waals surface area contributed by atoms with Gasteiger partial charge in [-0.1, -0.05) is 24.3 Å². The van der Waals surface area contributed by atoms with Gasteiger partial charge in [0.15, 0.2) is 5.82 Å². The highest BCUT2D eigenvalue weighted by Gasteiger charge is 2.13. The third-order valence-electron chi connectivity index (χ3n) is 4.45. The number of nitrogens with zero attached hydrogens (tertiary/aromatic N) is 7. The first-order valence-electron chi connectivity index (χ1n) is 8.54. The highest BCUT2D eigenvalue weighted by Crippen LogP contribution is 2.27. The smallest absolute Gasteiger partial charge is 0.160 e. The highest BCUT2D eigenvalue weighted by molar-refractivity contribution is 5.92. The molecule has 7 heteroatoms. The lowest BCUT2D eigenvalue weighted by atomic mass is 10.1. The van der Waals surface area contributed by atoms with Crippen molar-refractivity contribution in [2.24, 2.45) is 0 Å². The number of imidazole rings is 1. The zero-order valence-corrected chi connectivity index (χ0v) is 14.3. The van der Waals surface area contributed by atoms with E-state index in [9.17, 15) is 0 Å². The summed E-state index contributed by atoms with van der Waals surface area (Å²) in [5.74, 6) is 1.65. The van der Waals surface area contributed by atoms with E-state index in [-0.39, 0.29) is 0 Å². The lowest BCUT2D eigenvalue weighted by Crippen LogP contribution is -2.08. The van der Waals surface area contributed by atoms with E-state index in [0.29, 0.717) is 6.54 Å². The van der Waals surface area contributed by atoms with Crippen LogP contribution in [-0.4, -0.2) is 34.3 Å². The van der Waals surface area contributed by atoms with E-state index in [0.717, 1.165) is 33.7 Å². The zero-order valence-electron chi connectivity index (χ0n) is 14.3. The van der Waals surface area contributed by atoms with E-state index < -0.39 is 0 Å². The Bertz CT molecular complexity index is 1200. The van der Waals surface area contributed by atoms with Gasteiger partial charge in [0, 0.05) is 41.3 Å². The average Bonchev–Trinajstić information content (AvgIpc) is 3.40. The summed E-state index contributed by atoms with van der Waals surface area (Å²) in [6, 6.07) is 14.1. The molecular weight excluding hydrogens is 338 g/mol. The molecule has 27 heavy (non-hydrogen) atoms. The Kier molecular flexibility index (Phi) is 3.68. The molecule has 0 aliphatic carbocycles. The van der Waals surface area contributed by atoms with E-state index in [1.807, 2.05) is 42.7 Å². The summed E-state index contributed by atoms with van der Waals surface area (Å²) in [7, 11) is 0. The molecule has 4 heterocycles. The minimum Gasteiger partial charge on any atom is -0.326 e. The fourth-order valence-electron chi connectivity index (χ4n) is 3.24. The quantitative estimate of drug-likeness (QED) is 0.496. The second kappa shape index (κ2) is 6.45. The summed E-state index contributed by atoms with van der Waals surface area (Å²) >= 11 is 0. The summed E-state index contributed by atoms with van der Waals surface area (Å²) in [4.78, 5) is 17.5. The van der Waals surface area contributed by atoms with Gasteiger partial charge in [-0.25, -0.2) is 19.6 Å². The lowest BCUT2D eigenvalue weighted by molar-refractivity contribution is 0.765. The van der Waals surface area contributed by atoms with Crippen LogP contribution in [0.4, 0.5) is 0 Å². The molecule has 0 saturated heterocycles. The number of rotatable bonds is 4. The van der Waals surface area contributed by atoms with Crippen LogP contribution in [0.25, 0.3) is 28.1 Å². The summed E-state index contributed by atoms with van der Waals surface area (Å²) in [6.07, 6.45) is 10.5. The number of fused-ring (bicyclic) bond motifs is 1. The second-order valence-electron chi connectivity index (χ2n) is 6.08. The molecule has 5 rings (SSSR count). The van der Waals surface area contributed by atoms with Crippen LogP contribution in [0.1, 0.15) is 5.56 Å². The van der Waals surface area contributed by atoms with Gasteiger partial charge in [-0.2, -0.15) is 5.10 Å². The molecule has 0 fully saturated rings. The van der Waals surface area contributed by atoms with Gasteiger partial charge >= 0.3 is 0 Å². The SMILES string of the molecule is c1cnc(-n2cncn2)c(Cn2ccnc2-c2cccc3ncccc23)c1. The minimum absolute atomic E-state index is 0.620. The Morgan fingerprint density at radius 1 is 0.852 bits per heavy atom. The van der Waals surface area contributed by atoms with Gasteiger partial charge in [-0.05, 0) is 18.2 Å². The largest absolute Gasteiger partial charge is 0.326 e. The van der Waals surface area contributed by atoms with Crippen LogP contribution in [0.2, 0.25) is 0 Å². The van der Waals surface area contributed by atoms with Crippen molar-refractivity contribution in [2.75, 3.05) is 0 Å². The van der Waals surface area contributed by atoms with Crippen molar-refractivity contribution >= 4 is 10.9 Å². The first-order chi connectivity index (χ1) is 13.4. The molecule has 1 aromatic carbocycles. The highest BCUT2D eigenvalue weighted by atomic mass is 15.3. The van der Waals surface area contributed by atoms with Crippen LogP contribution < -0.4 is 0 Å². The Hall–Kier alpha value is -3.87. The molecule has 0 bridgehead atoms. The normalized spacial score (nSPS) is 11.1. The van der Waals surface area contributed by atoms with Crippen molar-refractivity contribution in [3.05, 3.63) is 85.5 Å². The summed E-state index contributed by atoms with van der Waals surface area (Å²) < 4.78 is 3.78. The average molecular weight is 353 g/mol. The third kappa shape index (κ3) is 2.75. The van der Waals surface area contributed by atoms with E-state index >= 15 is 0 Å². The number of hydrogen-bond donors (Lipinski definition) is 0. The molecule has 0 aliphatic rings. The third-order valence-corrected chi connectivity index (χ3v) is 4.45. The van der Waals surface area contributed by atoms with Crippen molar-refractivity contribution in [3.63, 3.8) is 0 Å². The van der Waals surface area contributed by atoms with Gasteiger partial charge in [-0.3, -0.25) is 4.98 Å². The fraction of sp³-hybridized carbons (Fsp3) is 0.0500. The Morgan fingerprint density at radius 3 is 2.70 bits per heavy atom. The van der Waals surface area contributed by atoms with Gasteiger partial charge in [0.25, 0.3) is 0 Å². The Labute approximate surface area is 155 Å². The fourth-order valence-corrected chi connectivity index (χ4v) is 3.24. The maximum absolute atomic E-state index is 4.61. The Balaban J connectivity index is 1.60. The van der Waals surface area contributed by atoms with Crippen molar-refractivity contribution in [1.29, 1.82) is 0 Å². The monoisotopic (exact) mass is 353 g/mol. The van der Waals surface area contributed by atoms with Gasteiger partial charge in [-0.15, -0.1) is 0 Å². The first kappa shape index (κ1) is 15.4. The second-order valence-corrected chi connectivity index (χ2v) is 6.08. The molecule has 0 unspecified atom stereocenters. The molecular formula is C20H15N7. The molecule has 0 saturated carbocycles. The van der Waals surface area contributed by atoms with Crippen molar-refractivity contribution < 1.29 is 0 Å². The maximum atomic E-state index is 4.61. The number of aromatic nitrogens is 7. The summed E-state index contributed by atoms with van der Waals surface area (Å²) in [5.41, 5.74) is 3.03. The lowest BCUT2D eigenvalue weighted by Gasteiger charge is -2.12. The van der Waals surface area contributed by atoms with Gasteiger partial charge in [0.2, 0.25) is 0 Å². The first-order valence-corrected chi connectivity index (χ1v) is 8.54. The predicted octanol–water partition coefficient (Wildman–Crippen LogP) is 3.12. The van der Waals surface area contributed by atoms with Crippen LogP contribution in [-0.2, 0) is 6.54 Å². The van der Waals surface area contributed by atoms with Crippen LogP contribution >= 0.6 is 0 Å². The molecule has 0 N–H and O–H groups in total. The van der Waals surface area contributed by atoms with Crippen molar-refractivity contribution in [1.82, 2.24) is 34.3 Å². The standard InChI is InChI=1S/C20H15N7/c1-5-17(16-6-3-8-22-18(16)7-1)20-24-10-11-26(20)12-15-4-2-9-23-19(15)27-14-21-13-25-27/h1-11,13-14H,12H2. The summed E-state index contributed by atoms with van der Waals surface area (Å²) in [5, 5.41) is 5.29. The maximum Gasteiger partial charge on any atom is 0.160 e. The van der Waals surface area contributed by atoms with Crippen LogP contribution in [0.3, 0.4) is 0 Å². The number of benzene rings is 1. The molecule has 7 nitrogen and oxygen atoms in total. The molecule has 0 radical (unpaired) electrons. The predicted molar refractivity (Wildman–Crippen MR) is 101 cm³/mol. The van der Waals surface area contributed by atoms with Crippen molar-refractivity contribution in [3.8, 4) is 17.2 Å². The van der Waals surface area contributed by atoms with Crippen LogP contribution in [0.15, 0.2) is 79.9 Å². The van der Waals surface area contributed by atoms with E-state index in [1.54, 1.807) is 23.4 Å². The zero-order chi connectivity index (χ0) is 18.1. The number of pyridine rings is 2. The van der Waals surface area contributed by atoms with E-state index in [4.69, 9.17) is 0 Å². The van der Waals surface area contributed by atoms with E-state index in [2.05, 4.69) is 41.7 Å². The van der Waals surface area contributed by atoms with Gasteiger partial charge < -0.3 is 4.57 Å². The van der Waals surface area contributed by atoms with Gasteiger partial charge in [0.05, 0.1) is 12.1 Å². The van der Waals surface area contributed by atoms with Crippen molar-refractivity contribution in [2.45, 2.75) is 6.54 Å². The molecule has 0 spiro atoms. The number of hydrogen-bond acceptors (Lipinski definition) is 5. The molecule has 0 atom stereocenters. The summed E-state index contributed by atoms with van der Waals surface area (Å²) in [6.45, 7) is 0.620. The Morgan fingerprint density at radius 2 is 1.78 bits per heavy atom. The van der Waals surface area contributed by atoms with Crippen LogP contribution in [0.5, 0.6) is 0 Å². The molecule has 0 aliphatic heterocycles.